The molecule has 2 rings (SSSR count). The van der Waals surface area contributed by atoms with E-state index in [-0.39, 0.29) is 11.5 Å². The minimum Gasteiger partial charge on any atom is -0.493 e. The minimum atomic E-state index is -5.66. The van der Waals surface area contributed by atoms with E-state index in [1.165, 1.54) is 30.3 Å². The average molecular weight is 462 g/mol. The number of carbonyl (C=O) groups excluding carboxylic acids is 1. The van der Waals surface area contributed by atoms with Gasteiger partial charge in [-0.1, -0.05) is 12.1 Å². The zero-order valence-electron chi connectivity index (χ0n) is 16.2. The SMILES string of the molecule is O=C(O)C=Cc1ccc(OC(=O)c2ccc(OCCCC(F)(F)C(F)(F)F)cc2F)cc1. The molecule has 0 saturated heterocycles. The molecule has 0 amide bonds. The molecule has 0 aliphatic carbocycles. The van der Waals surface area contributed by atoms with Gasteiger partial charge >= 0.3 is 24.0 Å². The third kappa shape index (κ3) is 7.03. The summed E-state index contributed by atoms with van der Waals surface area (Å²) in [5, 5.41) is 8.57. The third-order valence-corrected chi connectivity index (χ3v) is 3.99. The molecule has 172 valence electrons. The summed E-state index contributed by atoms with van der Waals surface area (Å²) in [6, 6.07) is 8.60. The molecule has 2 aromatic rings. The van der Waals surface area contributed by atoms with Crippen molar-refractivity contribution in [1.82, 2.24) is 0 Å². The van der Waals surface area contributed by atoms with Crippen LogP contribution in [0.2, 0.25) is 0 Å². The second kappa shape index (κ2) is 10.2. The van der Waals surface area contributed by atoms with Crippen LogP contribution in [0.25, 0.3) is 6.08 Å². The Kier molecular flexibility index (Phi) is 7.90. The fraction of sp³-hybridized carbons (Fsp3) is 0.238. The largest absolute Gasteiger partial charge is 0.493 e. The van der Waals surface area contributed by atoms with Crippen LogP contribution in [0.3, 0.4) is 0 Å². The summed E-state index contributed by atoms with van der Waals surface area (Å²) in [7, 11) is 0. The van der Waals surface area contributed by atoms with Crippen LogP contribution in [0, 0.1) is 5.82 Å². The van der Waals surface area contributed by atoms with Crippen LogP contribution in [0.5, 0.6) is 11.5 Å². The first-order chi connectivity index (χ1) is 14.9. The summed E-state index contributed by atoms with van der Waals surface area (Å²) in [4.78, 5) is 22.6. The van der Waals surface area contributed by atoms with Gasteiger partial charge in [-0.25, -0.2) is 14.0 Å². The minimum absolute atomic E-state index is 0.0628. The second-order valence-electron chi connectivity index (χ2n) is 6.43. The molecule has 32 heavy (non-hydrogen) atoms. The molecule has 0 fully saturated rings. The number of ether oxygens (including phenoxy) is 2. The molecule has 0 aliphatic heterocycles. The first kappa shape index (κ1) is 24.8. The van der Waals surface area contributed by atoms with Gasteiger partial charge in [0.1, 0.15) is 17.3 Å². The quantitative estimate of drug-likeness (QED) is 0.175. The number of carboxylic acid groups (broad SMARTS) is 1. The fourth-order valence-electron chi connectivity index (χ4n) is 2.35. The summed E-state index contributed by atoms with van der Waals surface area (Å²) < 4.78 is 86.1. The predicted octanol–water partition coefficient (Wildman–Crippen LogP) is 5.50. The number of halogens is 6. The molecule has 0 unspecified atom stereocenters. The number of aliphatic carboxylic acids is 1. The van der Waals surface area contributed by atoms with Crippen LogP contribution >= 0.6 is 0 Å². The highest BCUT2D eigenvalue weighted by Crippen LogP contribution is 2.38. The van der Waals surface area contributed by atoms with E-state index in [4.69, 9.17) is 14.6 Å². The van der Waals surface area contributed by atoms with Crippen molar-refractivity contribution in [2.45, 2.75) is 24.9 Å². The summed E-state index contributed by atoms with van der Waals surface area (Å²) in [6.45, 7) is -0.516. The standard InChI is InChI=1S/C21H16F6O5/c22-17-12-15(31-11-1-10-20(23,24)21(25,26)27)7-8-16(17)19(30)32-14-5-2-13(3-6-14)4-9-18(28)29/h2-9,12H,1,10-11H2,(H,28,29). The number of carboxylic acids is 1. The van der Waals surface area contributed by atoms with Crippen molar-refractivity contribution in [1.29, 1.82) is 0 Å². The van der Waals surface area contributed by atoms with Crippen molar-refractivity contribution in [3.05, 3.63) is 65.5 Å². The molecule has 0 heterocycles. The van der Waals surface area contributed by atoms with E-state index in [0.29, 0.717) is 5.56 Å². The number of hydrogen-bond donors (Lipinski definition) is 1. The molecule has 0 saturated carbocycles. The van der Waals surface area contributed by atoms with Gasteiger partial charge in [-0.15, -0.1) is 0 Å². The Hall–Kier alpha value is -3.50. The van der Waals surface area contributed by atoms with Crippen molar-refractivity contribution in [2.24, 2.45) is 0 Å². The molecule has 0 radical (unpaired) electrons. The van der Waals surface area contributed by atoms with Gasteiger partial charge in [-0.3, -0.25) is 0 Å². The van der Waals surface area contributed by atoms with E-state index in [0.717, 1.165) is 24.3 Å². The molecular weight excluding hydrogens is 446 g/mol. The molecule has 1 N–H and O–H groups in total. The van der Waals surface area contributed by atoms with E-state index >= 15 is 0 Å². The van der Waals surface area contributed by atoms with Gasteiger partial charge in [0.15, 0.2) is 0 Å². The third-order valence-electron chi connectivity index (χ3n) is 3.99. The molecule has 5 nitrogen and oxygen atoms in total. The van der Waals surface area contributed by atoms with E-state index in [9.17, 15) is 35.9 Å². The maximum absolute atomic E-state index is 14.2. The number of alkyl halides is 5. The lowest BCUT2D eigenvalue weighted by Crippen LogP contribution is -2.36. The monoisotopic (exact) mass is 462 g/mol. The van der Waals surface area contributed by atoms with Crippen LogP contribution in [0.1, 0.15) is 28.8 Å². The first-order valence-electron chi connectivity index (χ1n) is 8.99. The van der Waals surface area contributed by atoms with E-state index < -0.39 is 54.9 Å². The Balaban J connectivity index is 1.92. The summed E-state index contributed by atoms with van der Waals surface area (Å²) in [5.41, 5.74) is 0.0590. The van der Waals surface area contributed by atoms with Crippen molar-refractivity contribution in [2.75, 3.05) is 6.61 Å². The Labute approximate surface area is 177 Å². The van der Waals surface area contributed by atoms with E-state index in [1.807, 2.05) is 0 Å². The molecule has 0 spiro atoms. The number of carbonyl (C=O) groups is 2. The van der Waals surface area contributed by atoms with Gasteiger partial charge in [0.25, 0.3) is 0 Å². The van der Waals surface area contributed by atoms with Gasteiger partial charge in [-0.05, 0) is 42.3 Å². The first-order valence-corrected chi connectivity index (χ1v) is 8.99. The average Bonchev–Trinajstić information content (AvgIpc) is 2.70. The maximum Gasteiger partial charge on any atom is 0.453 e. The molecule has 11 heteroatoms. The molecule has 0 aromatic heterocycles. The lowest BCUT2D eigenvalue weighted by atomic mass is 10.2. The van der Waals surface area contributed by atoms with Gasteiger partial charge < -0.3 is 14.6 Å². The van der Waals surface area contributed by atoms with Crippen molar-refractivity contribution in [3.63, 3.8) is 0 Å². The molecular formula is C21H16F6O5. The Morgan fingerprint density at radius 1 is 0.969 bits per heavy atom. The van der Waals surface area contributed by atoms with Crippen LogP contribution in [0.15, 0.2) is 48.5 Å². The lowest BCUT2D eigenvalue weighted by Gasteiger charge is -2.19. The van der Waals surface area contributed by atoms with Crippen molar-refractivity contribution >= 4 is 18.0 Å². The fourth-order valence-corrected chi connectivity index (χ4v) is 2.35. The van der Waals surface area contributed by atoms with Crippen LogP contribution in [-0.4, -0.2) is 35.8 Å². The normalized spacial score (nSPS) is 12.1. The molecule has 2 aromatic carbocycles. The van der Waals surface area contributed by atoms with Gasteiger partial charge in [0.2, 0.25) is 0 Å². The van der Waals surface area contributed by atoms with Gasteiger partial charge in [-0.2, -0.15) is 22.0 Å². The second-order valence-corrected chi connectivity index (χ2v) is 6.43. The maximum atomic E-state index is 14.2. The smallest absolute Gasteiger partial charge is 0.453 e. The van der Waals surface area contributed by atoms with Gasteiger partial charge in [0, 0.05) is 18.6 Å². The Morgan fingerprint density at radius 3 is 2.16 bits per heavy atom. The lowest BCUT2D eigenvalue weighted by molar-refractivity contribution is -0.284. The highest BCUT2D eigenvalue weighted by atomic mass is 19.4. The highest BCUT2D eigenvalue weighted by Gasteiger charge is 2.56. The van der Waals surface area contributed by atoms with Crippen LogP contribution < -0.4 is 9.47 Å². The number of benzene rings is 2. The van der Waals surface area contributed by atoms with Crippen molar-refractivity contribution in [3.8, 4) is 11.5 Å². The Morgan fingerprint density at radius 2 is 1.59 bits per heavy atom. The van der Waals surface area contributed by atoms with E-state index in [1.54, 1.807) is 0 Å². The number of hydrogen-bond acceptors (Lipinski definition) is 4. The molecule has 0 bridgehead atoms. The summed E-state index contributed by atoms with van der Waals surface area (Å²) in [5.74, 6) is -8.18. The summed E-state index contributed by atoms with van der Waals surface area (Å²) >= 11 is 0. The van der Waals surface area contributed by atoms with E-state index in [2.05, 4.69) is 0 Å². The topological polar surface area (TPSA) is 72.8 Å². The number of esters is 1. The molecule has 0 atom stereocenters. The number of rotatable bonds is 9. The zero-order chi connectivity index (χ0) is 23.9. The van der Waals surface area contributed by atoms with Gasteiger partial charge in [0.05, 0.1) is 12.2 Å². The molecule has 0 aliphatic rings. The summed E-state index contributed by atoms with van der Waals surface area (Å²) in [6.07, 6.45) is -5.53. The Bertz CT molecular complexity index is 983. The predicted molar refractivity (Wildman–Crippen MR) is 100 cm³/mol. The zero-order valence-corrected chi connectivity index (χ0v) is 16.2. The van der Waals surface area contributed by atoms with Crippen LogP contribution in [-0.2, 0) is 4.79 Å². The van der Waals surface area contributed by atoms with Crippen molar-refractivity contribution < 1.29 is 50.5 Å². The van der Waals surface area contributed by atoms with Crippen LogP contribution in [0.4, 0.5) is 26.3 Å². The highest BCUT2D eigenvalue weighted by molar-refractivity contribution is 5.91.